The van der Waals surface area contributed by atoms with Crippen LogP contribution in [-0.2, 0) is 6.54 Å². The molecule has 0 amide bonds. The van der Waals surface area contributed by atoms with Gasteiger partial charge in [-0.25, -0.2) is 9.97 Å². The summed E-state index contributed by atoms with van der Waals surface area (Å²) in [4.78, 5) is 8.99. The van der Waals surface area contributed by atoms with E-state index >= 15 is 0 Å². The maximum absolute atomic E-state index is 6.14. The molecule has 0 aliphatic rings. The molecule has 1 aromatic carbocycles. The van der Waals surface area contributed by atoms with Crippen molar-refractivity contribution < 1.29 is 0 Å². The fourth-order valence-electron chi connectivity index (χ4n) is 1.36. The molecule has 2 aromatic rings. The standard InChI is InChI=1S/C11H12ClN5S/c12-7-3-6(5-13)1-2-8(7)18-11-16-9(14)4-10(15)17-11/h1-4H,5,13H2,(H4,14,15,16,17). The lowest BCUT2D eigenvalue weighted by atomic mass is 10.2. The summed E-state index contributed by atoms with van der Waals surface area (Å²) in [5, 5.41) is 1.07. The molecule has 0 fully saturated rings. The molecule has 0 saturated carbocycles. The highest BCUT2D eigenvalue weighted by molar-refractivity contribution is 7.99. The van der Waals surface area contributed by atoms with Crippen molar-refractivity contribution >= 4 is 35.0 Å². The Kier molecular flexibility index (Phi) is 3.90. The van der Waals surface area contributed by atoms with E-state index in [2.05, 4.69) is 9.97 Å². The van der Waals surface area contributed by atoms with E-state index in [0.29, 0.717) is 28.4 Å². The Bertz CT molecular complexity index is 555. The number of benzene rings is 1. The third kappa shape index (κ3) is 3.04. The zero-order valence-corrected chi connectivity index (χ0v) is 11.0. The van der Waals surface area contributed by atoms with Crippen molar-refractivity contribution in [3.05, 3.63) is 34.9 Å². The van der Waals surface area contributed by atoms with E-state index in [-0.39, 0.29) is 0 Å². The third-order valence-corrected chi connectivity index (χ3v) is 3.54. The molecule has 94 valence electrons. The van der Waals surface area contributed by atoms with Crippen LogP contribution in [0.25, 0.3) is 0 Å². The lowest BCUT2D eigenvalue weighted by Crippen LogP contribution is -1.99. The maximum Gasteiger partial charge on any atom is 0.196 e. The smallest absolute Gasteiger partial charge is 0.196 e. The minimum absolute atomic E-state index is 0.333. The Morgan fingerprint density at radius 1 is 1.11 bits per heavy atom. The van der Waals surface area contributed by atoms with Gasteiger partial charge in [0.1, 0.15) is 11.6 Å². The van der Waals surface area contributed by atoms with Crippen molar-refractivity contribution in [2.45, 2.75) is 16.6 Å². The monoisotopic (exact) mass is 281 g/mol. The summed E-state index contributed by atoms with van der Waals surface area (Å²) < 4.78 is 0. The van der Waals surface area contributed by atoms with Gasteiger partial charge in [-0.2, -0.15) is 0 Å². The van der Waals surface area contributed by atoms with Gasteiger partial charge in [-0.1, -0.05) is 17.7 Å². The number of nitrogens with zero attached hydrogens (tertiary/aromatic N) is 2. The highest BCUT2D eigenvalue weighted by Crippen LogP contribution is 2.32. The Morgan fingerprint density at radius 2 is 1.78 bits per heavy atom. The molecule has 0 aliphatic carbocycles. The van der Waals surface area contributed by atoms with Crippen LogP contribution >= 0.6 is 23.4 Å². The number of nitrogens with two attached hydrogens (primary N) is 3. The normalized spacial score (nSPS) is 10.6. The van der Waals surface area contributed by atoms with Gasteiger partial charge in [0.25, 0.3) is 0 Å². The van der Waals surface area contributed by atoms with Crippen molar-refractivity contribution in [1.29, 1.82) is 0 Å². The fourth-order valence-corrected chi connectivity index (χ4v) is 2.47. The van der Waals surface area contributed by atoms with E-state index in [4.69, 9.17) is 28.8 Å². The van der Waals surface area contributed by atoms with Gasteiger partial charge in [0, 0.05) is 17.5 Å². The molecule has 0 radical (unpaired) electrons. The van der Waals surface area contributed by atoms with Crippen LogP contribution in [0.3, 0.4) is 0 Å². The van der Waals surface area contributed by atoms with Gasteiger partial charge in [-0.3, -0.25) is 0 Å². The Morgan fingerprint density at radius 3 is 2.33 bits per heavy atom. The fraction of sp³-hybridized carbons (Fsp3) is 0.0909. The predicted molar refractivity (Wildman–Crippen MR) is 74.3 cm³/mol. The average molecular weight is 282 g/mol. The zero-order chi connectivity index (χ0) is 13.1. The van der Waals surface area contributed by atoms with E-state index in [9.17, 15) is 0 Å². The first-order valence-corrected chi connectivity index (χ1v) is 6.34. The summed E-state index contributed by atoms with van der Waals surface area (Å²) in [5.41, 5.74) is 17.7. The lowest BCUT2D eigenvalue weighted by molar-refractivity contribution is 0.984. The number of anilines is 2. The van der Waals surface area contributed by atoms with Gasteiger partial charge < -0.3 is 17.2 Å². The molecule has 5 nitrogen and oxygen atoms in total. The van der Waals surface area contributed by atoms with Crippen LogP contribution < -0.4 is 17.2 Å². The van der Waals surface area contributed by atoms with Gasteiger partial charge in [0.15, 0.2) is 5.16 Å². The molecular weight excluding hydrogens is 270 g/mol. The molecule has 2 rings (SSSR count). The third-order valence-electron chi connectivity index (χ3n) is 2.18. The summed E-state index contributed by atoms with van der Waals surface area (Å²) in [6, 6.07) is 7.10. The van der Waals surface area contributed by atoms with Gasteiger partial charge >= 0.3 is 0 Å². The molecule has 0 bridgehead atoms. The van der Waals surface area contributed by atoms with Crippen LogP contribution in [0.2, 0.25) is 5.02 Å². The second kappa shape index (κ2) is 5.43. The van der Waals surface area contributed by atoms with Crippen LogP contribution in [0.15, 0.2) is 34.3 Å². The maximum atomic E-state index is 6.14. The molecule has 0 atom stereocenters. The average Bonchev–Trinajstić information content (AvgIpc) is 2.30. The van der Waals surface area contributed by atoms with Crippen molar-refractivity contribution in [1.82, 2.24) is 9.97 Å². The largest absolute Gasteiger partial charge is 0.383 e. The van der Waals surface area contributed by atoms with Gasteiger partial charge in [-0.15, -0.1) is 0 Å². The van der Waals surface area contributed by atoms with Gasteiger partial charge in [-0.05, 0) is 29.5 Å². The van der Waals surface area contributed by atoms with Gasteiger partial charge in [0.2, 0.25) is 0 Å². The molecule has 0 spiro atoms. The Hall–Kier alpha value is -1.50. The minimum atomic E-state index is 0.333. The molecule has 0 aliphatic heterocycles. The van der Waals surface area contributed by atoms with E-state index in [1.165, 1.54) is 17.8 Å². The molecule has 0 saturated heterocycles. The number of halogens is 1. The first kappa shape index (κ1) is 12.9. The first-order valence-electron chi connectivity index (χ1n) is 5.15. The van der Waals surface area contributed by atoms with Gasteiger partial charge in [0.05, 0.1) is 5.02 Å². The molecule has 0 unspecified atom stereocenters. The second-order valence-electron chi connectivity index (χ2n) is 3.57. The minimum Gasteiger partial charge on any atom is -0.383 e. The predicted octanol–water partition coefficient (Wildman–Crippen LogP) is 1.90. The van der Waals surface area contributed by atoms with Crippen molar-refractivity contribution in [2.24, 2.45) is 5.73 Å². The molecular formula is C11H12ClN5S. The van der Waals surface area contributed by atoms with Crippen LogP contribution in [0.5, 0.6) is 0 Å². The molecule has 1 heterocycles. The van der Waals surface area contributed by atoms with Crippen molar-refractivity contribution in [3.8, 4) is 0 Å². The highest BCUT2D eigenvalue weighted by Gasteiger charge is 2.07. The second-order valence-corrected chi connectivity index (χ2v) is 4.99. The molecule has 6 N–H and O–H groups in total. The van der Waals surface area contributed by atoms with E-state index in [1.807, 2.05) is 18.2 Å². The van der Waals surface area contributed by atoms with Crippen LogP contribution in [0, 0.1) is 0 Å². The van der Waals surface area contributed by atoms with Crippen molar-refractivity contribution in [2.75, 3.05) is 11.5 Å². The molecule has 18 heavy (non-hydrogen) atoms. The number of hydrogen-bond donors (Lipinski definition) is 3. The van der Waals surface area contributed by atoms with Crippen LogP contribution in [-0.4, -0.2) is 9.97 Å². The summed E-state index contributed by atoms with van der Waals surface area (Å²) in [7, 11) is 0. The quantitative estimate of drug-likeness (QED) is 0.743. The van der Waals surface area contributed by atoms with Crippen LogP contribution in [0.4, 0.5) is 11.6 Å². The van der Waals surface area contributed by atoms with Crippen LogP contribution in [0.1, 0.15) is 5.56 Å². The number of nitrogen functional groups attached to an aromatic ring is 2. The number of aromatic nitrogens is 2. The number of rotatable bonds is 3. The summed E-state index contributed by atoms with van der Waals surface area (Å²) in [5.74, 6) is 0.666. The first-order chi connectivity index (χ1) is 8.58. The van der Waals surface area contributed by atoms with E-state index in [0.717, 1.165) is 10.5 Å². The summed E-state index contributed by atoms with van der Waals surface area (Å²) in [6.45, 7) is 0.451. The van der Waals surface area contributed by atoms with E-state index < -0.39 is 0 Å². The zero-order valence-electron chi connectivity index (χ0n) is 9.43. The van der Waals surface area contributed by atoms with Crippen molar-refractivity contribution in [3.63, 3.8) is 0 Å². The lowest BCUT2D eigenvalue weighted by Gasteiger charge is -2.06. The Labute approximate surface area is 114 Å². The summed E-state index contributed by atoms with van der Waals surface area (Å²) in [6.07, 6.45) is 0. The molecule has 7 heteroatoms. The molecule has 1 aromatic heterocycles. The summed E-state index contributed by atoms with van der Waals surface area (Å²) >= 11 is 7.45. The SMILES string of the molecule is NCc1ccc(Sc2nc(N)cc(N)n2)c(Cl)c1. The topological polar surface area (TPSA) is 104 Å². The number of hydrogen-bond acceptors (Lipinski definition) is 6. The highest BCUT2D eigenvalue weighted by atomic mass is 35.5. The van der Waals surface area contributed by atoms with E-state index in [1.54, 1.807) is 0 Å². The Balaban J connectivity index is 2.28.